The van der Waals surface area contributed by atoms with E-state index >= 15 is 0 Å². The molecule has 5 heteroatoms. The molecular formula is C16H31F3O2. The molecule has 0 radical (unpaired) electrons. The van der Waals surface area contributed by atoms with Crippen molar-refractivity contribution >= 4 is 5.97 Å². The highest BCUT2D eigenvalue weighted by Gasteiger charge is 2.42. The molecule has 21 heavy (non-hydrogen) atoms. The second-order valence-electron chi connectivity index (χ2n) is 6.41. The lowest BCUT2D eigenvalue weighted by molar-refractivity contribution is -0.189. The minimum absolute atomic E-state index is 0. The summed E-state index contributed by atoms with van der Waals surface area (Å²) in [5.74, 6) is -0.770. The summed E-state index contributed by atoms with van der Waals surface area (Å²) in [6.07, 6.45) is 0.260. The Bertz CT molecular complexity index is 335. The molecule has 0 heterocycles. The number of ether oxygens (including phenoxy) is 1. The van der Waals surface area contributed by atoms with Crippen molar-refractivity contribution in [1.29, 1.82) is 0 Å². The molecule has 2 saturated carbocycles. The molecule has 0 saturated heterocycles. The average Bonchev–Trinajstić information content (AvgIpc) is 2.39. The Morgan fingerprint density at radius 3 is 2.00 bits per heavy atom. The molecule has 0 amide bonds. The summed E-state index contributed by atoms with van der Waals surface area (Å²) in [5.41, 5.74) is 0. The van der Waals surface area contributed by atoms with Crippen molar-refractivity contribution in [3.05, 3.63) is 0 Å². The number of hydrogen-bond donors (Lipinski definition) is 0. The Labute approximate surface area is 128 Å². The number of halogens is 3. The van der Waals surface area contributed by atoms with Crippen LogP contribution in [0.2, 0.25) is 0 Å². The van der Waals surface area contributed by atoms with Crippen molar-refractivity contribution in [2.24, 2.45) is 17.8 Å². The molecule has 0 bridgehead atoms. The van der Waals surface area contributed by atoms with E-state index in [4.69, 9.17) is 4.74 Å². The summed E-state index contributed by atoms with van der Waals surface area (Å²) in [4.78, 5) is 12.0. The van der Waals surface area contributed by atoms with Gasteiger partial charge in [0.15, 0.2) is 0 Å². The Kier molecular flexibility index (Phi) is 6.54. The Morgan fingerprint density at radius 1 is 1.00 bits per heavy atom. The molecule has 128 valence electrons. The molecule has 0 spiro atoms. The predicted octanol–water partition coefficient (Wildman–Crippen LogP) is 5.61. The lowest BCUT2D eigenvalue weighted by Crippen LogP contribution is -2.33. The van der Waals surface area contributed by atoms with E-state index in [1.165, 1.54) is 0 Å². The van der Waals surface area contributed by atoms with Crippen molar-refractivity contribution in [1.82, 2.24) is 0 Å². The third-order valence-electron chi connectivity index (χ3n) is 4.77. The third-order valence-corrected chi connectivity index (χ3v) is 4.77. The molecule has 0 aromatic carbocycles. The van der Waals surface area contributed by atoms with Crippen LogP contribution in [0.15, 0.2) is 0 Å². The molecule has 2 nitrogen and oxygen atoms in total. The molecule has 2 fully saturated rings. The van der Waals surface area contributed by atoms with E-state index in [0.717, 1.165) is 25.7 Å². The van der Waals surface area contributed by atoms with Crippen LogP contribution in [0.3, 0.4) is 0 Å². The zero-order valence-corrected chi connectivity index (χ0v) is 11.9. The van der Waals surface area contributed by atoms with Crippen LogP contribution in [0.4, 0.5) is 13.2 Å². The van der Waals surface area contributed by atoms with Crippen molar-refractivity contribution in [3.63, 3.8) is 0 Å². The topological polar surface area (TPSA) is 26.3 Å². The molecule has 2 aliphatic rings. The number of hydrogen-bond acceptors (Lipinski definition) is 2. The number of carbonyl (C=O) groups is 1. The number of carbonyl (C=O) groups excluding carboxylic acids is 1. The second-order valence-corrected chi connectivity index (χ2v) is 6.41. The maximum atomic E-state index is 12.6. The molecule has 2 aliphatic carbocycles. The molecule has 0 N–H and O–H groups in total. The van der Waals surface area contributed by atoms with E-state index in [2.05, 4.69) is 6.92 Å². The van der Waals surface area contributed by atoms with Crippen LogP contribution in [-0.2, 0) is 9.53 Å². The van der Waals surface area contributed by atoms with E-state index in [0.29, 0.717) is 18.8 Å². The normalized spacial score (nSPS) is 33.9. The molecule has 0 aromatic heterocycles. The lowest BCUT2D eigenvalue weighted by Gasteiger charge is -2.31. The van der Waals surface area contributed by atoms with Gasteiger partial charge < -0.3 is 4.74 Å². The zero-order chi connectivity index (χ0) is 14.8. The minimum atomic E-state index is -4.10. The standard InChI is InChI=1S/C15H23F3O2.CH4.2H2/c1-10-2-4-11(5-3-10)14(19)20-13-8-6-12(7-9-13)15(16,17)18;;;/h10-13H,2-9H2,1H3;1H4;2*1H. The summed E-state index contributed by atoms with van der Waals surface area (Å²) in [6, 6.07) is 0. The third kappa shape index (κ3) is 5.19. The fourth-order valence-corrected chi connectivity index (χ4v) is 3.26. The molecule has 0 aliphatic heterocycles. The molecule has 0 atom stereocenters. The van der Waals surface area contributed by atoms with Crippen molar-refractivity contribution < 1.29 is 25.6 Å². The monoisotopic (exact) mass is 312 g/mol. The van der Waals surface area contributed by atoms with Crippen LogP contribution in [0, 0.1) is 17.8 Å². The van der Waals surface area contributed by atoms with Gasteiger partial charge in [-0.2, -0.15) is 13.2 Å². The highest BCUT2D eigenvalue weighted by atomic mass is 19.4. The molecular weight excluding hydrogens is 281 g/mol. The van der Waals surface area contributed by atoms with Crippen molar-refractivity contribution in [2.45, 2.75) is 78.0 Å². The van der Waals surface area contributed by atoms with Gasteiger partial charge in [0.25, 0.3) is 0 Å². The van der Waals surface area contributed by atoms with Crippen LogP contribution in [0.1, 0.15) is 68.6 Å². The highest BCUT2D eigenvalue weighted by Crippen LogP contribution is 2.38. The van der Waals surface area contributed by atoms with Gasteiger partial charge in [-0.3, -0.25) is 4.79 Å². The number of alkyl halides is 3. The smallest absolute Gasteiger partial charge is 0.391 e. The number of esters is 1. The first kappa shape index (κ1) is 18.3. The van der Waals surface area contributed by atoms with E-state index in [9.17, 15) is 18.0 Å². The van der Waals surface area contributed by atoms with Gasteiger partial charge in [-0.1, -0.05) is 14.4 Å². The summed E-state index contributed by atoms with van der Waals surface area (Å²) in [6.45, 7) is 2.18. The van der Waals surface area contributed by atoms with Crippen LogP contribution in [0.5, 0.6) is 0 Å². The highest BCUT2D eigenvalue weighted by molar-refractivity contribution is 5.72. The van der Waals surface area contributed by atoms with Crippen molar-refractivity contribution in [2.75, 3.05) is 0 Å². The van der Waals surface area contributed by atoms with E-state index < -0.39 is 12.1 Å². The fraction of sp³-hybridized carbons (Fsp3) is 0.938. The minimum Gasteiger partial charge on any atom is -0.462 e. The first-order chi connectivity index (χ1) is 9.36. The van der Waals surface area contributed by atoms with Gasteiger partial charge >= 0.3 is 12.1 Å². The van der Waals surface area contributed by atoms with Gasteiger partial charge in [-0.25, -0.2) is 0 Å². The summed E-state index contributed by atoms with van der Waals surface area (Å²) < 4.78 is 43.1. The Hall–Kier alpha value is -0.740. The van der Waals surface area contributed by atoms with Gasteiger partial charge in [0.2, 0.25) is 0 Å². The average molecular weight is 312 g/mol. The summed E-state index contributed by atoms with van der Waals surface area (Å²) in [7, 11) is 0. The van der Waals surface area contributed by atoms with Crippen LogP contribution >= 0.6 is 0 Å². The molecule has 2 rings (SSSR count). The molecule has 0 aromatic rings. The van der Waals surface area contributed by atoms with Gasteiger partial charge in [0, 0.05) is 2.85 Å². The first-order valence-electron chi connectivity index (χ1n) is 7.63. The quantitative estimate of drug-likeness (QED) is 0.620. The first-order valence-corrected chi connectivity index (χ1v) is 7.63. The van der Waals surface area contributed by atoms with Crippen molar-refractivity contribution in [3.8, 4) is 0 Å². The predicted molar refractivity (Wildman–Crippen MR) is 80.0 cm³/mol. The van der Waals surface area contributed by atoms with E-state index in [-0.39, 0.29) is 41.1 Å². The van der Waals surface area contributed by atoms with Gasteiger partial charge in [0.05, 0.1) is 11.8 Å². The Morgan fingerprint density at radius 2 is 1.52 bits per heavy atom. The zero-order valence-electron chi connectivity index (χ0n) is 11.9. The van der Waals surface area contributed by atoms with E-state index in [1.54, 1.807) is 0 Å². The van der Waals surface area contributed by atoms with Gasteiger partial charge in [-0.15, -0.1) is 0 Å². The summed E-state index contributed by atoms with van der Waals surface area (Å²) in [5, 5.41) is 0. The molecule has 0 unspecified atom stereocenters. The second kappa shape index (κ2) is 7.50. The maximum Gasteiger partial charge on any atom is 0.391 e. The number of rotatable bonds is 2. The van der Waals surface area contributed by atoms with Crippen LogP contribution < -0.4 is 0 Å². The maximum absolute atomic E-state index is 12.6. The SMILES string of the molecule is C.CC1CCC(C(=O)OC2CCC(C(F)(F)F)CC2)CC1.[HH].[HH]. The van der Waals surface area contributed by atoms with Gasteiger partial charge in [-0.05, 0) is 57.3 Å². The summed E-state index contributed by atoms with van der Waals surface area (Å²) >= 11 is 0. The van der Waals surface area contributed by atoms with Gasteiger partial charge in [0.1, 0.15) is 6.10 Å². The van der Waals surface area contributed by atoms with Crippen LogP contribution in [-0.4, -0.2) is 18.2 Å². The Balaban J connectivity index is 0. The largest absolute Gasteiger partial charge is 0.462 e. The van der Waals surface area contributed by atoms with E-state index in [1.807, 2.05) is 0 Å². The lowest BCUT2D eigenvalue weighted by atomic mass is 9.83. The van der Waals surface area contributed by atoms with Crippen LogP contribution in [0.25, 0.3) is 0 Å². The fourth-order valence-electron chi connectivity index (χ4n) is 3.26.